The molecule has 0 unspecified atom stereocenters. The van der Waals surface area contributed by atoms with Gasteiger partial charge in [0.2, 0.25) is 0 Å². The average Bonchev–Trinajstić information content (AvgIpc) is 2.61. The molecule has 0 radical (unpaired) electrons. The third kappa shape index (κ3) is 1.89. The maximum absolute atomic E-state index is 10.7. The van der Waals surface area contributed by atoms with Crippen LogP contribution in [0.5, 0.6) is 0 Å². The molecule has 2 rings (SSSR count). The fourth-order valence-electron chi connectivity index (χ4n) is 1.41. The summed E-state index contributed by atoms with van der Waals surface area (Å²) >= 11 is 1.45. The van der Waals surface area contributed by atoms with Crippen molar-refractivity contribution in [1.82, 2.24) is 0 Å². The van der Waals surface area contributed by atoms with Crippen LogP contribution in [0.3, 0.4) is 0 Å². The van der Waals surface area contributed by atoms with E-state index in [1.807, 2.05) is 13.0 Å². The topological polar surface area (TPSA) is 35.5 Å². The van der Waals surface area contributed by atoms with E-state index in [9.17, 15) is 4.79 Å². The molecule has 0 saturated carbocycles. The number of aryl methyl sites for hydroxylation is 1. The molecular weight excluding hydrogens is 199 g/mol. The van der Waals surface area contributed by atoms with E-state index in [1.54, 1.807) is 0 Å². The van der Waals surface area contributed by atoms with Crippen molar-refractivity contribution in [2.24, 2.45) is 0 Å². The van der Waals surface area contributed by atoms with Gasteiger partial charge in [0, 0.05) is 18.0 Å². The molecular formula is C9H11BO3S. The van der Waals surface area contributed by atoms with Crippen LogP contribution in [-0.2, 0) is 9.31 Å². The van der Waals surface area contributed by atoms with Gasteiger partial charge >= 0.3 is 7.12 Å². The Kier molecular flexibility index (Phi) is 3.00. The Morgan fingerprint density at radius 1 is 1.50 bits per heavy atom. The van der Waals surface area contributed by atoms with Crippen LogP contribution in [0.4, 0.5) is 0 Å². The number of hydrogen-bond donors (Lipinski definition) is 0. The van der Waals surface area contributed by atoms with Gasteiger partial charge in [0.15, 0.2) is 6.29 Å². The quantitative estimate of drug-likeness (QED) is 0.539. The van der Waals surface area contributed by atoms with Crippen LogP contribution >= 0.6 is 11.3 Å². The van der Waals surface area contributed by atoms with E-state index < -0.39 is 0 Å². The van der Waals surface area contributed by atoms with Crippen LogP contribution < -0.4 is 4.78 Å². The summed E-state index contributed by atoms with van der Waals surface area (Å²) in [5.74, 6) is 0. The SMILES string of the molecule is Cc1cc(B2OCCCO2)sc1C=O. The van der Waals surface area contributed by atoms with Gasteiger partial charge in [0.1, 0.15) is 0 Å². The van der Waals surface area contributed by atoms with Crippen molar-refractivity contribution in [3.05, 3.63) is 16.5 Å². The van der Waals surface area contributed by atoms with Gasteiger partial charge in [0.05, 0.1) is 4.88 Å². The van der Waals surface area contributed by atoms with Gasteiger partial charge in [-0.3, -0.25) is 4.79 Å². The van der Waals surface area contributed by atoms with E-state index in [0.717, 1.165) is 41.1 Å². The number of thiophene rings is 1. The van der Waals surface area contributed by atoms with Crippen molar-refractivity contribution in [3.63, 3.8) is 0 Å². The van der Waals surface area contributed by atoms with E-state index >= 15 is 0 Å². The summed E-state index contributed by atoms with van der Waals surface area (Å²) in [6.07, 6.45) is 1.83. The van der Waals surface area contributed by atoms with E-state index in [4.69, 9.17) is 9.31 Å². The van der Waals surface area contributed by atoms with Crippen LogP contribution in [-0.4, -0.2) is 26.6 Å². The Morgan fingerprint density at radius 3 is 2.79 bits per heavy atom. The normalized spacial score (nSPS) is 17.1. The lowest BCUT2D eigenvalue weighted by molar-refractivity contribution is 0.112. The Labute approximate surface area is 87.2 Å². The van der Waals surface area contributed by atoms with E-state index in [2.05, 4.69) is 0 Å². The first-order valence-corrected chi connectivity index (χ1v) is 5.41. The second-order valence-corrected chi connectivity index (χ2v) is 4.36. The van der Waals surface area contributed by atoms with Crippen molar-refractivity contribution in [2.75, 3.05) is 13.2 Å². The lowest BCUT2D eigenvalue weighted by Gasteiger charge is -2.18. The maximum Gasteiger partial charge on any atom is 0.504 e. The minimum Gasteiger partial charge on any atom is -0.407 e. The van der Waals surface area contributed by atoms with E-state index in [0.29, 0.717) is 0 Å². The molecule has 1 saturated heterocycles. The van der Waals surface area contributed by atoms with Gasteiger partial charge in [-0.1, -0.05) is 0 Å². The molecule has 3 nitrogen and oxygen atoms in total. The lowest BCUT2D eigenvalue weighted by Crippen LogP contribution is -2.39. The third-order valence-electron chi connectivity index (χ3n) is 2.14. The van der Waals surface area contributed by atoms with Crippen LogP contribution in [0.2, 0.25) is 0 Å². The molecule has 0 amide bonds. The Balaban J connectivity index is 2.18. The first-order valence-electron chi connectivity index (χ1n) is 4.60. The summed E-state index contributed by atoms with van der Waals surface area (Å²) in [4.78, 5) is 11.4. The molecule has 0 N–H and O–H groups in total. The van der Waals surface area contributed by atoms with Gasteiger partial charge in [-0.25, -0.2) is 0 Å². The zero-order chi connectivity index (χ0) is 9.97. The third-order valence-corrected chi connectivity index (χ3v) is 3.33. The summed E-state index contributed by atoms with van der Waals surface area (Å²) in [5, 5.41) is 0. The summed E-state index contributed by atoms with van der Waals surface area (Å²) in [7, 11) is -0.263. The first-order chi connectivity index (χ1) is 6.81. The van der Waals surface area contributed by atoms with Gasteiger partial charge < -0.3 is 9.31 Å². The van der Waals surface area contributed by atoms with Crippen molar-refractivity contribution < 1.29 is 14.1 Å². The average molecular weight is 210 g/mol. The van der Waals surface area contributed by atoms with Crippen LogP contribution in [0.1, 0.15) is 21.7 Å². The van der Waals surface area contributed by atoms with Gasteiger partial charge in [-0.2, -0.15) is 0 Å². The number of aldehydes is 1. The lowest BCUT2D eigenvalue weighted by atomic mass is 9.86. The molecule has 1 aromatic heterocycles. The van der Waals surface area contributed by atoms with Crippen LogP contribution in [0.15, 0.2) is 6.07 Å². The number of rotatable bonds is 2. The molecule has 0 atom stereocenters. The number of hydrogen-bond acceptors (Lipinski definition) is 4. The predicted octanol–water partition coefficient (Wildman–Crippen LogP) is 1.00. The van der Waals surface area contributed by atoms with Crippen molar-refractivity contribution in [1.29, 1.82) is 0 Å². The molecule has 0 bridgehead atoms. The fourth-order valence-corrected chi connectivity index (χ4v) is 2.40. The van der Waals surface area contributed by atoms with E-state index in [1.165, 1.54) is 11.3 Å². The maximum atomic E-state index is 10.7. The highest BCUT2D eigenvalue weighted by molar-refractivity contribution is 7.23. The summed E-state index contributed by atoms with van der Waals surface area (Å²) < 4.78 is 11.9. The molecule has 1 fully saturated rings. The molecule has 0 aromatic carbocycles. The monoisotopic (exact) mass is 210 g/mol. The van der Waals surface area contributed by atoms with Crippen molar-refractivity contribution in [2.45, 2.75) is 13.3 Å². The molecule has 2 heterocycles. The van der Waals surface area contributed by atoms with E-state index in [-0.39, 0.29) is 7.12 Å². The minimum atomic E-state index is -0.263. The van der Waals surface area contributed by atoms with Gasteiger partial charge in [-0.15, -0.1) is 11.3 Å². The highest BCUT2D eigenvalue weighted by Gasteiger charge is 2.26. The Morgan fingerprint density at radius 2 is 2.21 bits per heavy atom. The molecule has 74 valence electrons. The molecule has 14 heavy (non-hydrogen) atoms. The first kappa shape index (κ1) is 9.89. The molecule has 1 aromatic rings. The highest BCUT2D eigenvalue weighted by Crippen LogP contribution is 2.14. The molecule has 1 aliphatic rings. The smallest absolute Gasteiger partial charge is 0.407 e. The fraction of sp³-hybridized carbons (Fsp3) is 0.444. The van der Waals surface area contributed by atoms with Crippen molar-refractivity contribution >= 4 is 29.5 Å². The number of carbonyl (C=O) groups excluding carboxylic acids is 1. The zero-order valence-electron chi connectivity index (χ0n) is 7.99. The minimum absolute atomic E-state index is 0.263. The van der Waals surface area contributed by atoms with Gasteiger partial charge in [-0.05, 0) is 25.0 Å². The highest BCUT2D eigenvalue weighted by atomic mass is 32.1. The summed E-state index contributed by atoms with van der Waals surface area (Å²) in [6, 6.07) is 1.96. The largest absolute Gasteiger partial charge is 0.504 e. The Hall–Kier alpha value is -0.645. The predicted molar refractivity (Wildman–Crippen MR) is 56.4 cm³/mol. The van der Waals surface area contributed by atoms with Crippen LogP contribution in [0, 0.1) is 6.92 Å². The standard InChI is InChI=1S/C9H11BO3S/c1-7-5-9(14-8(7)6-11)10-12-3-2-4-13-10/h5-6H,2-4H2,1H3. The summed E-state index contributed by atoms with van der Waals surface area (Å²) in [6.45, 7) is 3.39. The zero-order valence-corrected chi connectivity index (χ0v) is 8.80. The molecule has 0 aliphatic carbocycles. The second-order valence-electron chi connectivity index (χ2n) is 3.24. The molecule has 0 spiro atoms. The summed E-state index contributed by atoms with van der Waals surface area (Å²) in [5.41, 5.74) is 0.998. The van der Waals surface area contributed by atoms with Crippen molar-refractivity contribution in [3.8, 4) is 0 Å². The molecule has 1 aliphatic heterocycles. The molecule has 5 heteroatoms. The second kappa shape index (κ2) is 4.25. The number of carbonyl (C=O) groups is 1. The Bertz CT molecular complexity index is 331. The van der Waals surface area contributed by atoms with Crippen LogP contribution in [0.25, 0.3) is 0 Å². The van der Waals surface area contributed by atoms with Gasteiger partial charge in [0.25, 0.3) is 0 Å².